The van der Waals surface area contributed by atoms with E-state index in [0.29, 0.717) is 0 Å². The molecule has 0 aliphatic heterocycles. The Kier molecular flexibility index (Phi) is 5.12. The van der Waals surface area contributed by atoms with Crippen molar-refractivity contribution in [3.63, 3.8) is 0 Å². The van der Waals surface area contributed by atoms with E-state index in [1.54, 1.807) is 14.0 Å². The molecule has 2 rings (SSSR count). The van der Waals surface area contributed by atoms with Crippen LogP contribution in [0.1, 0.15) is 19.8 Å². The van der Waals surface area contributed by atoms with E-state index >= 15 is 0 Å². The highest BCUT2D eigenvalue weighted by atomic mass is 32.2. The van der Waals surface area contributed by atoms with Gasteiger partial charge in [0.25, 0.3) is 0 Å². The number of methoxy groups -OCH3 is 1. The van der Waals surface area contributed by atoms with Gasteiger partial charge in [0.15, 0.2) is 0 Å². The summed E-state index contributed by atoms with van der Waals surface area (Å²) in [6, 6.07) is 6.80. The molecule has 0 saturated heterocycles. The first kappa shape index (κ1) is 15.7. The van der Waals surface area contributed by atoms with E-state index in [1.807, 2.05) is 24.3 Å². The molecule has 114 valence electrons. The average molecular weight is 309 g/mol. The Morgan fingerprint density at radius 2 is 2.19 bits per heavy atom. The first-order valence-electron chi connectivity index (χ1n) is 6.83. The lowest BCUT2D eigenvalue weighted by Gasteiger charge is -2.26. The van der Waals surface area contributed by atoms with Crippen LogP contribution in [0.15, 0.2) is 29.2 Å². The summed E-state index contributed by atoms with van der Waals surface area (Å²) in [4.78, 5) is 25.9. The molecule has 1 atom stereocenters. The van der Waals surface area contributed by atoms with E-state index in [0.717, 1.165) is 23.5 Å². The monoisotopic (exact) mass is 309 g/mol. The van der Waals surface area contributed by atoms with Crippen LogP contribution in [-0.4, -0.2) is 46.8 Å². The van der Waals surface area contributed by atoms with Crippen LogP contribution in [-0.2, 0) is 9.59 Å². The van der Waals surface area contributed by atoms with Crippen molar-refractivity contribution in [2.75, 3.05) is 12.9 Å². The van der Waals surface area contributed by atoms with Crippen LogP contribution >= 0.6 is 11.8 Å². The largest absolute Gasteiger partial charge is 0.497 e. The summed E-state index contributed by atoms with van der Waals surface area (Å²) in [6.07, 6.45) is 1.79. The Balaban J connectivity index is 1.97. The molecule has 1 unspecified atom stereocenters. The molecule has 6 heteroatoms. The second kappa shape index (κ2) is 6.85. The van der Waals surface area contributed by atoms with E-state index in [-0.39, 0.29) is 17.7 Å². The van der Waals surface area contributed by atoms with Crippen LogP contribution < -0.4 is 4.74 Å². The number of hydrogen-bond acceptors (Lipinski definition) is 4. The maximum absolute atomic E-state index is 12.3. The fraction of sp³-hybridized carbons (Fsp3) is 0.467. The van der Waals surface area contributed by atoms with Crippen LogP contribution in [0, 0.1) is 0 Å². The molecule has 1 aromatic carbocycles. The third-order valence-corrected chi connectivity index (χ3v) is 4.38. The van der Waals surface area contributed by atoms with E-state index in [1.165, 1.54) is 16.7 Å². The topological polar surface area (TPSA) is 66.8 Å². The highest BCUT2D eigenvalue weighted by Crippen LogP contribution is 2.30. The quantitative estimate of drug-likeness (QED) is 0.783. The lowest BCUT2D eigenvalue weighted by molar-refractivity contribution is -0.148. The molecular weight excluding hydrogens is 290 g/mol. The van der Waals surface area contributed by atoms with Gasteiger partial charge in [-0.2, -0.15) is 0 Å². The molecule has 1 aromatic rings. The SMILES string of the molecule is COc1cccc(SCC(=O)N(C2CC2)C(C)C(=O)O)c1. The lowest BCUT2D eigenvalue weighted by atomic mass is 10.2. The van der Waals surface area contributed by atoms with Crippen molar-refractivity contribution >= 4 is 23.6 Å². The molecule has 21 heavy (non-hydrogen) atoms. The Morgan fingerprint density at radius 1 is 1.48 bits per heavy atom. The number of carboxylic acids is 1. The minimum Gasteiger partial charge on any atom is -0.497 e. The van der Waals surface area contributed by atoms with Gasteiger partial charge in [-0.15, -0.1) is 11.8 Å². The number of ether oxygens (including phenoxy) is 1. The maximum atomic E-state index is 12.3. The predicted molar refractivity (Wildman–Crippen MR) is 80.7 cm³/mol. The third-order valence-electron chi connectivity index (χ3n) is 3.41. The van der Waals surface area contributed by atoms with Crippen LogP contribution in [0.4, 0.5) is 0 Å². The minimum atomic E-state index is -0.957. The minimum absolute atomic E-state index is 0.0921. The summed E-state index contributed by atoms with van der Waals surface area (Å²) in [7, 11) is 1.60. The number of carboxylic acid groups (broad SMARTS) is 1. The predicted octanol–water partition coefficient (Wildman–Crippen LogP) is 2.25. The second-order valence-electron chi connectivity index (χ2n) is 5.01. The first-order valence-corrected chi connectivity index (χ1v) is 7.82. The van der Waals surface area contributed by atoms with Gasteiger partial charge >= 0.3 is 5.97 Å². The number of hydrogen-bond donors (Lipinski definition) is 1. The molecule has 1 aliphatic carbocycles. The molecule has 1 N–H and O–H groups in total. The molecule has 0 spiro atoms. The van der Waals surface area contributed by atoms with Crippen molar-refractivity contribution in [2.24, 2.45) is 0 Å². The maximum Gasteiger partial charge on any atom is 0.326 e. The number of carbonyl (C=O) groups excluding carboxylic acids is 1. The fourth-order valence-corrected chi connectivity index (χ4v) is 2.93. The van der Waals surface area contributed by atoms with E-state index in [9.17, 15) is 9.59 Å². The summed E-state index contributed by atoms with van der Waals surface area (Å²) < 4.78 is 5.14. The van der Waals surface area contributed by atoms with Crippen molar-refractivity contribution in [1.29, 1.82) is 0 Å². The zero-order valence-corrected chi connectivity index (χ0v) is 12.9. The normalized spacial score (nSPS) is 15.3. The van der Waals surface area contributed by atoms with Crippen LogP contribution in [0.25, 0.3) is 0 Å². The Labute approximate surface area is 128 Å². The number of rotatable bonds is 7. The van der Waals surface area contributed by atoms with E-state index in [2.05, 4.69) is 0 Å². The molecule has 1 aliphatic rings. The van der Waals surface area contributed by atoms with Crippen molar-refractivity contribution in [2.45, 2.75) is 36.7 Å². The smallest absolute Gasteiger partial charge is 0.326 e. The molecular formula is C15H19NO4S. The van der Waals surface area contributed by atoms with Crippen molar-refractivity contribution in [3.8, 4) is 5.75 Å². The Morgan fingerprint density at radius 3 is 2.76 bits per heavy atom. The van der Waals surface area contributed by atoms with Crippen LogP contribution in [0.2, 0.25) is 0 Å². The van der Waals surface area contributed by atoms with Gasteiger partial charge in [0.2, 0.25) is 5.91 Å². The van der Waals surface area contributed by atoms with Crippen molar-refractivity contribution in [1.82, 2.24) is 4.90 Å². The van der Waals surface area contributed by atoms with Crippen molar-refractivity contribution < 1.29 is 19.4 Å². The number of aliphatic carboxylic acids is 1. The number of thioether (sulfide) groups is 1. The Bertz CT molecular complexity index is 530. The molecule has 1 fully saturated rings. The second-order valence-corrected chi connectivity index (χ2v) is 6.06. The van der Waals surface area contributed by atoms with Gasteiger partial charge in [0.1, 0.15) is 11.8 Å². The molecule has 0 radical (unpaired) electrons. The van der Waals surface area contributed by atoms with E-state index in [4.69, 9.17) is 9.84 Å². The highest BCUT2D eigenvalue weighted by Gasteiger charge is 2.38. The number of amides is 1. The summed E-state index contributed by atoms with van der Waals surface area (Å²) in [5.74, 6) is -0.103. The molecule has 1 amide bonds. The lowest BCUT2D eigenvalue weighted by Crippen LogP contribution is -2.45. The zero-order chi connectivity index (χ0) is 15.4. The van der Waals surface area contributed by atoms with Gasteiger partial charge < -0.3 is 14.7 Å². The number of benzene rings is 1. The van der Waals surface area contributed by atoms with Crippen molar-refractivity contribution in [3.05, 3.63) is 24.3 Å². The standard InChI is InChI=1S/C15H19NO4S/c1-10(15(18)19)16(11-6-7-11)14(17)9-21-13-5-3-4-12(8-13)20-2/h3-5,8,10-11H,6-7,9H2,1-2H3,(H,18,19). The van der Waals surface area contributed by atoms with Gasteiger partial charge in [-0.25, -0.2) is 4.79 Å². The molecule has 5 nitrogen and oxygen atoms in total. The van der Waals surface area contributed by atoms with E-state index < -0.39 is 12.0 Å². The van der Waals surface area contributed by atoms with Gasteiger partial charge in [-0.3, -0.25) is 4.79 Å². The van der Waals surface area contributed by atoms with Gasteiger partial charge in [0, 0.05) is 10.9 Å². The Hall–Kier alpha value is -1.69. The first-order chi connectivity index (χ1) is 10.0. The summed E-state index contributed by atoms with van der Waals surface area (Å²) in [5.41, 5.74) is 0. The van der Waals surface area contributed by atoms with Gasteiger partial charge in [-0.1, -0.05) is 6.07 Å². The number of nitrogens with zero attached hydrogens (tertiary/aromatic N) is 1. The fourth-order valence-electron chi connectivity index (χ4n) is 2.12. The highest BCUT2D eigenvalue weighted by molar-refractivity contribution is 8.00. The molecule has 0 aromatic heterocycles. The molecule has 0 bridgehead atoms. The van der Waals surface area contributed by atoms with Gasteiger partial charge in [-0.05, 0) is 38.0 Å². The van der Waals surface area contributed by atoms with Crippen LogP contribution in [0.5, 0.6) is 5.75 Å². The average Bonchev–Trinajstić information content (AvgIpc) is 3.30. The zero-order valence-electron chi connectivity index (χ0n) is 12.1. The van der Waals surface area contributed by atoms with Crippen LogP contribution in [0.3, 0.4) is 0 Å². The summed E-state index contributed by atoms with van der Waals surface area (Å²) >= 11 is 1.40. The number of carbonyl (C=O) groups is 2. The summed E-state index contributed by atoms with van der Waals surface area (Å²) in [5, 5.41) is 9.11. The summed E-state index contributed by atoms with van der Waals surface area (Å²) in [6.45, 7) is 1.56. The molecule has 0 heterocycles. The third kappa shape index (κ3) is 4.14. The molecule has 1 saturated carbocycles. The van der Waals surface area contributed by atoms with Gasteiger partial charge in [0.05, 0.1) is 12.9 Å².